The fourth-order valence-electron chi connectivity index (χ4n) is 1.95. The van der Waals surface area contributed by atoms with Gasteiger partial charge in [-0.1, -0.05) is 18.2 Å². The first-order chi connectivity index (χ1) is 11.0. The molecule has 0 aliphatic carbocycles. The van der Waals surface area contributed by atoms with Crippen LogP contribution < -0.4 is 4.72 Å². The number of carbonyl (C=O) groups is 1. The number of likely N-dealkylation sites (N-methyl/N-ethyl adjacent to an activating group) is 1. The van der Waals surface area contributed by atoms with E-state index in [1.807, 2.05) is 12.1 Å². The molecule has 0 aliphatic heterocycles. The van der Waals surface area contributed by atoms with Crippen LogP contribution in [0.4, 0.5) is 0 Å². The number of hydrogen-bond acceptors (Lipinski definition) is 4. The normalized spacial score (nSPS) is 11.2. The lowest BCUT2D eigenvalue weighted by molar-refractivity contribution is -0.128. The summed E-state index contributed by atoms with van der Waals surface area (Å²) in [5.74, 6) is -0.279. The van der Waals surface area contributed by atoms with Crippen molar-refractivity contribution in [2.75, 3.05) is 20.1 Å². The molecule has 0 saturated heterocycles. The van der Waals surface area contributed by atoms with Gasteiger partial charge in [-0.2, -0.15) is 0 Å². The summed E-state index contributed by atoms with van der Waals surface area (Å²) in [5.41, 5.74) is 1.07. The average Bonchev–Trinajstić information content (AvgIpc) is 2.59. The van der Waals surface area contributed by atoms with Crippen molar-refractivity contribution in [2.24, 2.45) is 0 Å². The van der Waals surface area contributed by atoms with Gasteiger partial charge in [0.1, 0.15) is 0 Å². The Hall–Kier alpha value is -2.25. The first-order valence-electron chi connectivity index (χ1n) is 7.16. The third kappa shape index (κ3) is 5.15. The first-order valence-corrected chi connectivity index (χ1v) is 8.65. The van der Waals surface area contributed by atoms with Crippen LogP contribution in [0.1, 0.15) is 5.56 Å². The van der Waals surface area contributed by atoms with E-state index in [0.717, 1.165) is 5.56 Å². The Morgan fingerprint density at radius 1 is 1.13 bits per heavy atom. The lowest BCUT2D eigenvalue weighted by Gasteiger charge is -2.17. The zero-order valence-electron chi connectivity index (χ0n) is 12.8. The molecule has 0 atom stereocenters. The van der Waals surface area contributed by atoms with Gasteiger partial charge in [-0.15, -0.1) is 0 Å². The monoisotopic (exact) mass is 333 g/mol. The van der Waals surface area contributed by atoms with E-state index in [4.69, 9.17) is 0 Å². The molecule has 0 radical (unpaired) electrons. The fourth-order valence-corrected chi connectivity index (χ4v) is 2.94. The molecule has 7 heteroatoms. The summed E-state index contributed by atoms with van der Waals surface area (Å²) >= 11 is 0. The van der Waals surface area contributed by atoms with Crippen molar-refractivity contribution in [3.63, 3.8) is 0 Å². The number of nitrogens with one attached hydrogen (secondary N) is 1. The smallest absolute Gasteiger partial charge is 0.241 e. The molecule has 1 amide bonds. The van der Waals surface area contributed by atoms with Crippen molar-refractivity contribution in [1.29, 1.82) is 0 Å². The van der Waals surface area contributed by atoms with Gasteiger partial charge in [-0.05, 0) is 36.2 Å². The molecule has 1 aromatic heterocycles. The molecule has 1 N–H and O–H groups in total. The minimum Gasteiger partial charge on any atom is -0.344 e. The topological polar surface area (TPSA) is 79.4 Å². The largest absolute Gasteiger partial charge is 0.344 e. The Labute approximate surface area is 136 Å². The molecule has 0 bridgehead atoms. The molecule has 6 nitrogen and oxygen atoms in total. The van der Waals surface area contributed by atoms with Gasteiger partial charge in [0.25, 0.3) is 0 Å². The molecule has 0 fully saturated rings. The zero-order valence-corrected chi connectivity index (χ0v) is 13.7. The van der Waals surface area contributed by atoms with Gasteiger partial charge in [-0.25, -0.2) is 13.1 Å². The lowest BCUT2D eigenvalue weighted by Crippen LogP contribution is -2.38. The minimum atomic E-state index is -3.66. The van der Waals surface area contributed by atoms with Crippen LogP contribution in [0, 0.1) is 0 Å². The number of pyridine rings is 1. The Morgan fingerprint density at radius 3 is 2.43 bits per heavy atom. The third-order valence-corrected chi connectivity index (χ3v) is 4.80. The number of hydrogen-bond donors (Lipinski definition) is 1. The fraction of sp³-hybridized carbons (Fsp3) is 0.250. The van der Waals surface area contributed by atoms with Gasteiger partial charge in [0.05, 0.1) is 11.4 Å². The van der Waals surface area contributed by atoms with Gasteiger partial charge in [0.15, 0.2) is 0 Å². The summed E-state index contributed by atoms with van der Waals surface area (Å²) in [6.45, 7) is 0.250. The molecule has 1 aromatic carbocycles. The van der Waals surface area contributed by atoms with E-state index in [1.165, 1.54) is 17.0 Å². The second-order valence-electron chi connectivity index (χ2n) is 5.06. The summed E-state index contributed by atoms with van der Waals surface area (Å²) in [6, 6.07) is 11.7. The summed E-state index contributed by atoms with van der Waals surface area (Å²) in [4.78, 5) is 17.6. The highest BCUT2D eigenvalue weighted by Gasteiger charge is 2.16. The molecule has 0 saturated carbocycles. The highest BCUT2D eigenvalue weighted by molar-refractivity contribution is 7.89. The Balaban J connectivity index is 1.84. The number of amides is 1. The number of carbonyl (C=O) groups excluding carboxylic acids is 1. The van der Waals surface area contributed by atoms with Crippen LogP contribution in [-0.4, -0.2) is 44.3 Å². The van der Waals surface area contributed by atoms with Crippen LogP contribution in [0.25, 0.3) is 0 Å². The molecule has 2 rings (SSSR count). The van der Waals surface area contributed by atoms with E-state index in [9.17, 15) is 13.2 Å². The van der Waals surface area contributed by atoms with E-state index in [2.05, 4.69) is 9.71 Å². The summed E-state index contributed by atoms with van der Waals surface area (Å²) in [5, 5.41) is 0. The average molecular weight is 333 g/mol. The molecule has 0 aliphatic rings. The van der Waals surface area contributed by atoms with Crippen molar-refractivity contribution >= 4 is 15.9 Å². The molecule has 0 unspecified atom stereocenters. The molecular weight excluding hydrogens is 314 g/mol. The van der Waals surface area contributed by atoms with Crippen molar-refractivity contribution < 1.29 is 13.2 Å². The molecule has 0 spiro atoms. The maximum atomic E-state index is 12.0. The standard InChI is InChI=1S/C16H19N3O3S/c1-19(12-9-14-7-10-17-11-8-14)16(20)13-18-23(21,22)15-5-3-2-4-6-15/h2-8,10-11,18H,9,12-13H2,1H3. The third-order valence-electron chi connectivity index (χ3n) is 3.38. The maximum absolute atomic E-state index is 12.0. The van der Waals surface area contributed by atoms with Crippen molar-refractivity contribution in [3.8, 4) is 0 Å². The van der Waals surface area contributed by atoms with Crippen LogP contribution in [0.2, 0.25) is 0 Å². The summed E-state index contributed by atoms with van der Waals surface area (Å²) in [6.07, 6.45) is 4.09. The van der Waals surface area contributed by atoms with Gasteiger partial charge in [0, 0.05) is 26.0 Å². The zero-order chi connectivity index (χ0) is 16.7. The van der Waals surface area contributed by atoms with Gasteiger partial charge < -0.3 is 4.90 Å². The molecule has 122 valence electrons. The molecule has 2 aromatic rings. The highest BCUT2D eigenvalue weighted by atomic mass is 32.2. The van der Waals surface area contributed by atoms with Crippen LogP contribution in [0.3, 0.4) is 0 Å². The number of rotatable bonds is 7. The van der Waals surface area contributed by atoms with E-state index < -0.39 is 10.0 Å². The number of nitrogens with zero attached hydrogens (tertiary/aromatic N) is 2. The Bertz CT molecular complexity index is 734. The van der Waals surface area contributed by atoms with E-state index in [0.29, 0.717) is 13.0 Å². The second kappa shape index (κ2) is 7.85. The van der Waals surface area contributed by atoms with Crippen molar-refractivity contribution in [2.45, 2.75) is 11.3 Å². The van der Waals surface area contributed by atoms with Crippen molar-refractivity contribution in [1.82, 2.24) is 14.6 Å². The molecule has 23 heavy (non-hydrogen) atoms. The predicted molar refractivity (Wildman–Crippen MR) is 87.2 cm³/mol. The Morgan fingerprint density at radius 2 is 1.78 bits per heavy atom. The number of sulfonamides is 1. The van der Waals surface area contributed by atoms with Gasteiger partial charge >= 0.3 is 0 Å². The lowest BCUT2D eigenvalue weighted by atomic mass is 10.2. The van der Waals surface area contributed by atoms with Crippen LogP contribution in [-0.2, 0) is 21.2 Å². The second-order valence-corrected chi connectivity index (χ2v) is 6.83. The van der Waals surface area contributed by atoms with E-state index in [-0.39, 0.29) is 17.3 Å². The van der Waals surface area contributed by atoms with Gasteiger partial charge in [-0.3, -0.25) is 9.78 Å². The first kappa shape index (κ1) is 17.1. The van der Waals surface area contributed by atoms with Crippen LogP contribution >= 0.6 is 0 Å². The number of benzene rings is 1. The molecule has 1 heterocycles. The van der Waals surface area contributed by atoms with Crippen LogP contribution in [0.5, 0.6) is 0 Å². The SMILES string of the molecule is CN(CCc1ccncc1)C(=O)CNS(=O)(=O)c1ccccc1. The Kier molecular flexibility index (Phi) is 5.84. The summed E-state index contributed by atoms with van der Waals surface area (Å²) in [7, 11) is -2.01. The minimum absolute atomic E-state index is 0.146. The predicted octanol–water partition coefficient (Wildman–Crippen LogP) is 1.06. The summed E-state index contributed by atoms with van der Waals surface area (Å²) < 4.78 is 26.4. The maximum Gasteiger partial charge on any atom is 0.241 e. The van der Waals surface area contributed by atoms with E-state index >= 15 is 0 Å². The van der Waals surface area contributed by atoms with Crippen LogP contribution in [0.15, 0.2) is 59.8 Å². The quantitative estimate of drug-likeness (QED) is 0.822. The highest BCUT2D eigenvalue weighted by Crippen LogP contribution is 2.06. The molecular formula is C16H19N3O3S. The number of aromatic nitrogens is 1. The van der Waals surface area contributed by atoms with E-state index in [1.54, 1.807) is 37.6 Å². The van der Waals surface area contributed by atoms with Crippen molar-refractivity contribution in [3.05, 3.63) is 60.4 Å². The van der Waals surface area contributed by atoms with Gasteiger partial charge in [0.2, 0.25) is 15.9 Å².